The third-order valence-electron chi connectivity index (χ3n) is 6.19. The van der Waals surface area contributed by atoms with Crippen molar-refractivity contribution in [3.63, 3.8) is 0 Å². The van der Waals surface area contributed by atoms with Crippen molar-refractivity contribution in [2.45, 2.75) is 13.8 Å². The van der Waals surface area contributed by atoms with E-state index < -0.39 is 22.7 Å². The molecule has 0 saturated heterocycles. The number of benzene rings is 4. The smallest absolute Gasteiger partial charge is 0.343 e. The maximum Gasteiger partial charge on any atom is 0.343 e. The van der Waals surface area contributed by atoms with Gasteiger partial charge in [-0.25, -0.2) is 9.69 Å². The summed E-state index contributed by atoms with van der Waals surface area (Å²) in [5, 5.41) is 10.8. The molecule has 0 N–H and O–H groups in total. The van der Waals surface area contributed by atoms with Crippen molar-refractivity contribution in [2.24, 2.45) is 0 Å². The Labute approximate surface area is 217 Å². The molecule has 0 aliphatic carbocycles. The van der Waals surface area contributed by atoms with Crippen molar-refractivity contribution < 1.29 is 28.8 Å². The Morgan fingerprint density at radius 1 is 0.737 bits per heavy atom. The summed E-state index contributed by atoms with van der Waals surface area (Å²) in [5.41, 5.74) is 2.95. The number of aryl methyl sites for hydroxylation is 2. The number of anilines is 1. The van der Waals surface area contributed by atoms with Crippen molar-refractivity contribution >= 4 is 29.2 Å². The Hall–Kier alpha value is -5.31. The van der Waals surface area contributed by atoms with Crippen LogP contribution in [0.2, 0.25) is 0 Å². The van der Waals surface area contributed by atoms with Crippen LogP contribution in [0.4, 0.5) is 11.4 Å². The van der Waals surface area contributed by atoms with Crippen molar-refractivity contribution in [1.82, 2.24) is 0 Å². The Bertz CT molecular complexity index is 1610. The van der Waals surface area contributed by atoms with Gasteiger partial charge in [0.15, 0.2) is 0 Å². The van der Waals surface area contributed by atoms with Gasteiger partial charge in [0.1, 0.15) is 17.2 Å². The molecule has 5 rings (SSSR count). The van der Waals surface area contributed by atoms with Gasteiger partial charge in [0.2, 0.25) is 0 Å². The number of fused-ring (bicyclic) bond motifs is 1. The van der Waals surface area contributed by atoms with E-state index in [2.05, 4.69) is 0 Å². The van der Waals surface area contributed by atoms with E-state index in [1.807, 2.05) is 19.9 Å². The maximum absolute atomic E-state index is 13.1. The fourth-order valence-electron chi connectivity index (χ4n) is 3.98. The Kier molecular flexibility index (Phi) is 6.18. The molecular weight excluding hydrogens is 488 g/mol. The van der Waals surface area contributed by atoms with Crippen LogP contribution in [-0.4, -0.2) is 22.7 Å². The lowest BCUT2D eigenvalue weighted by molar-refractivity contribution is -0.384. The normalized spacial score (nSPS) is 12.3. The van der Waals surface area contributed by atoms with Gasteiger partial charge < -0.3 is 9.47 Å². The van der Waals surface area contributed by atoms with Gasteiger partial charge in [-0.1, -0.05) is 6.07 Å². The molecule has 0 aromatic heterocycles. The highest BCUT2D eigenvalue weighted by Crippen LogP contribution is 2.33. The minimum atomic E-state index is -0.560. The third-order valence-corrected chi connectivity index (χ3v) is 6.19. The van der Waals surface area contributed by atoms with Crippen LogP contribution in [0.15, 0.2) is 84.9 Å². The van der Waals surface area contributed by atoms with Crippen molar-refractivity contribution in [2.75, 3.05) is 4.90 Å². The minimum Gasteiger partial charge on any atom is -0.457 e. The monoisotopic (exact) mass is 508 g/mol. The highest BCUT2D eigenvalue weighted by atomic mass is 16.6. The first-order valence-corrected chi connectivity index (χ1v) is 11.6. The highest BCUT2D eigenvalue weighted by molar-refractivity contribution is 6.34. The van der Waals surface area contributed by atoms with E-state index in [9.17, 15) is 24.5 Å². The van der Waals surface area contributed by atoms with Crippen molar-refractivity contribution in [1.29, 1.82) is 0 Å². The molecule has 4 aromatic carbocycles. The average Bonchev–Trinajstić information content (AvgIpc) is 3.15. The van der Waals surface area contributed by atoms with Gasteiger partial charge in [-0.15, -0.1) is 0 Å². The van der Waals surface area contributed by atoms with Gasteiger partial charge in [0.25, 0.3) is 17.5 Å². The topological polar surface area (TPSA) is 116 Å². The zero-order valence-corrected chi connectivity index (χ0v) is 20.3. The van der Waals surface area contributed by atoms with E-state index in [0.29, 0.717) is 22.9 Å². The predicted octanol–water partition coefficient (Wildman–Crippen LogP) is 6.02. The number of nitro groups is 1. The molecular formula is C29H20N2O7. The number of amides is 2. The van der Waals surface area contributed by atoms with Crippen LogP contribution in [0.25, 0.3) is 0 Å². The lowest BCUT2D eigenvalue weighted by Crippen LogP contribution is -2.29. The van der Waals surface area contributed by atoms with Crippen LogP contribution in [0.5, 0.6) is 17.2 Å². The SMILES string of the molecule is Cc1ccc(OC(=O)c2ccc(N3C(=O)c4ccc(Oc5ccc([N+](=O)[O-])cc5)cc4C3=O)cc2)cc1C. The summed E-state index contributed by atoms with van der Waals surface area (Å²) in [6, 6.07) is 21.3. The first-order chi connectivity index (χ1) is 18.2. The summed E-state index contributed by atoms with van der Waals surface area (Å²) in [6.45, 7) is 3.89. The summed E-state index contributed by atoms with van der Waals surface area (Å²) >= 11 is 0. The summed E-state index contributed by atoms with van der Waals surface area (Å²) in [7, 11) is 0. The Morgan fingerprint density at radius 3 is 2.03 bits per heavy atom. The highest BCUT2D eigenvalue weighted by Gasteiger charge is 2.37. The molecule has 9 heteroatoms. The molecule has 0 fully saturated rings. The van der Waals surface area contributed by atoms with E-state index in [1.165, 1.54) is 60.7 Å². The van der Waals surface area contributed by atoms with Gasteiger partial charge >= 0.3 is 5.97 Å². The second-order valence-corrected chi connectivity index (χ2v) is 8.69. The van der Waals surface area contributed by atoms with E-state index in [4.69, 9.17) is 9.47 Å². The number of nitrogens with zero attached hydrogens (tertiary/aromatic N) is 2. The van der Waals surface area contributed by atoms with E-state index in [1.54, 1.807) is 18.2 Å². The average molecular weight is 508 g/mol. The third kappa shape index (κ3) is 4.60. The quantitative estimate of drug-likeness (QED) is 0.103. The fourth-order valence-corrected chi connectivity index (χ4v) is 3.98. The molecule has 38 heavy (non-hydrogen) atoms. The minimum absolute atomic E-state index is 0.0766. The number of nitro benzene ring substituents is 1. The van der Waals surface area contributed by atoms with Crippen LogP contribution in [0, 0.1) is 24.0 Å². The standard InChI is InChI=1S/C29H20N2O7/c1-17-3-10-23(15-18(17)2)38-29(34)19-4-6-20(7-5-19)30-27(32)25-14-13-24(16-26(25)28(30)33)37-22-11-8-21(9-12-22)31(35)36/h3-16H,1-2H3. The number of imide groups is 1. The molecule has 2 amide bonds. The van der Waals surface area contributed by atoms with Crippen LogP contribution in [0.1, 0.15) is 42.2 Å². The second-order valence-electron chi connectivity index (χ2n) is 8.69. The second kappa shape index (κ2) is 9.62. The van der Waals surface area contributed by atoms with Gasteiger partial charge in [-0.05, 0) is 91.7 Å². The summed E-state index contributed by atoms with van der Waals surface area (Å²) in [5.74, 6) is -0.538. The molecule has 1 aliphatic heterocycles. The molecule has 0 saturated carbocycles. The number of ether oxygens (including phenoxy) is 2. The zero-order chi connectivity index (χ0) is 27.0. The molecule has 1 heterocycles. The van der Waals surface area contributed by atoms with E-state index in [0.717, 1.165) is 16.0 Å². The van der Waals surface area contributed by atoms with Gasteiger partial charge in [-0.2, -0.15) is 0 Å². The van der Waals surface area contributed by atoms with E-state index in [-0.39, 0.29) is 22.4 Å². The fraction of sp³-hybridized carbons (Fsp3) is 0.0690. The molecule has 0 spiro atoms. The molecule has 188 valence electrons. The zero-order valence-electron chi connectivity index (χ0n) is 20.3. The van der Waals surface area contributed by atoms with Crippen LogP contribution in [0.3, 0.4) is 0 Å². The number of hydrogen-bond acceptors (Lipinski definition) is 7. The number of esters is 1. The van der Waals surface area contributed by atoms with Crippen LogP contribution >= 0.6 is 0 Å². The van der Waals surface area contributed by atoms with Gasteiger partial charge in [-0.3, -0.25) is 19.7 Å². The van der Waals surface area contributed by atoms with Crippen LogP contribution in [-0.2, 0) is 0 Å². The van der Waals surface area contributed by atoms with Gasteiger partial charge in [0, 0.05) is 12.1 Å². The van der Waals surface area contributed by atoms with Crippen molar-refractivity contribution in [3.05, 3.63) is 123 Å². The number of rotatable bonds is 6. The summed E-state index contributed by atoms with van der Waals surface area (Å²) < 4.78 is 11.2. The lowest BCUT2D eigenvalue weighted by Gasteiger charge is -2.14. The first-order valence-electron chi connectivity index (χ1n) is 11.6. The maximum atomic E-state index is 13.1. The molecule has 4 aromatic rings. The molecule has 0 atom stereocenters. The molecule has 1 aliphatic rings. The molecule has 0 radical (unpaired) electrons. The van der Waals surface area contributed by atoms with E-state index >= 15 is 0 Å². The largest absolute Gasteiger partial charge is 0.457 e. The lowest BCUT2D eigenvalue weighted by atomic mass is 10.1. The summed E-state index contributed by atoms with van der Waals surface area (Å²) in [4.78, 5) is 50.1. The first kappa shape index (κ1) is 24.4. The number of carbonyl (C=O) groups excluding carboxylic acids is 3. The van der Waals surface area contributed by atoms with Crippen LogP contribution < -0.4 is 14.4 Å². The molecule has 0 bridgehead atoms. The number of carbonyl (C=O) groups is 3. The summed E-state index contributed by atoms with van der Waals surface area (Å²) in [6.07, 6.45) is 0. The predicted molar refractivity (Wildman–Crippen MR) is 138 cm³/mol. The van der Waals surface area contributed by atoms with Gasteiger partial charge in [0.05, 0.1) is 27.3 Å². The Balaban J connectivity index is 1.32. The number of non-ortho nitro benzene ring substituents is 1. The Morgan fingerprint density at radius 2 is 1.37 bits per heavy atom. The number of hydrogen-bond donors (Lipinski definition) is 0. The molecule has 9 nitrogen and oxygen atoms in total. The van der Waals surface area contributed by atoms with Crippen molar-refractivity contribution in [3.8, 4) is 17.2 Å². The molecule has 0 unspecified atom stereocenters.